The highest BCUT2D eigenvalue weighted by molar-refractivity contribution is 7.90. The van der Waals surface area contributed by atoms with Crippen LogP contribution in [0.3, 0.4) is 0 Å². The van der Waals surface area contributed by atoms with Crippen molar-refractivity contribution in [2.45, 2.75) is 38.4 Å². The van der Waals surface area contributed by atoms with Crippen molar-refractivity contribution in [3.63, 3.8) is 0 Å². The lowest BCUT2D eigenvalue weighted by molar-refractivity contribution is -0.145. The van der Waals surface area contributed by atoms with E-state index in [4.69, 9.17) is 4.74 Å². The van der Waals surface area contributed by atoms with Gasteiger partial charge in [0.1, 0.15) is 0 Å². The van der Waals surface area contributed by atoms with E-state index in [0.717, 1.165) is 6.42 Å². The van der Waals surface area contributed by atoms with Gasteiger partial charge in [0.15, 0.2) is 0 Å². The number of methoxy groups -OCH3 is 1. The Morgan fingerprint density at radius 1 is 1.35 bits per heavy atom. The van der Waals surface area contributed by atoms with Crippen molar-refractivity contribution in [2.75, 3.05) is 26.9 Å². The molecule has 0 aliphatic heterocycles. The molecule has 1 aliphatic rings. The predicted molar refractivity (Wildman–Crippen MR) is 75.7 cm³/mol. The van der Waals surface area contributed by atoms with Gasteiger partial charge >= 0.3 is 5.97 Å². The smallest absolute Gasteiger partial charge is 0.310 e. The average molecular weight is 307 g/mol. The maximum absolute atomic E-state index is 12.2. The number of hydrogen-bond donors (Lipinski definition) is 1. The summed E-state index contributed by atoms with van der Waals surface area (Å²) in [5.74, 6) is -0.562. The quantitative estimate of drug-likeness (QED) is 0.533. The Bertz CT molecular complexity index is 407. The number of nitrogens with one attached hydrogen (secondary N) is 1. The maximum atomic E-state index is 12.2. The number of esters is 1. The van der Waals surface area contributed by atoms with Gasteiger partial charge in [-0.25, -0.2) is 13.1 Å². The highest BCUT2D eigenvalue weighted by Crippen LogP contribution is 2.31. The minimum absolute atomic E-state index is 0.236. The SMILES string of the molecule is COC(=O)C1CCCC1S(=O)(=O)NCCOCC(C)C. The third kappa shape index (κ3) is 5.03. The topological polar surface area (TPSA) is 81.7 Å². The van der Waals surface area contributed by atoms with E-state index >= 15 is 0 Å². The van der Waals surface area contributed by atoms with Gasteiger partial charge in [-0.2, -0.15) is 0 Å². The average Bonchev–Trinajstić information content (AvgIpc) is 2.87. The van der Waals surface area contributed by atoms with E-state index in [9.17, 15) is 13.2 Å². The first-order chi connectivity index (χ1) is 9.38. The van der Waals surface area contributed by atoms with Crippen molar-refractivity contribution < 1.29 is 22.7 Å². The first kappa shape index (κ1) is 17.4. The Hall–Kier alpha value is -0.660. The molecular formula is C13H25NO5S. The molecule has 1 fully saturated rings. The van der Waals surface area contributed by atoms with E-state index in [1.54, 1.807) is 0 Å². The number of carbonyl (C=O) groups is 1. The van der Waals surface area contributed by atoms with Crippen LogP contribution in [0.2, 0.25) is 0 Å². The maximum Gasteiger partial charge on any atom is 0.310 e. The molecule has 0 aromatic heterocycles. The summed E-state index contributed by atoms with van der Waals surface area (Å²) < 4.78 is 36.9. The first-order valence-corrected chi connectivity index (χ1v) is 8.57. The van der Waals surface area contributed by atoms with Crippen molar-refractivity contribution >= 4 is 16.0 Å². The Kier molecular flexibility index (Phi) is 6.91. The fourth-order valence-corrected chi connectivity index (χ4v) is 4.14. The molecule has 0 aromatic rings. The van der Waals surface area contributed by atoms with Crippen LogP contribution in [-0.4, -0.2) is 46.5 Å². The van der Waals surface area contributed by atoms with E-state index < -0.39 is 27.2 Å². The second-order valence-corrected chi connectivity index (χ2v) is 7.49. The third-order valence-electron chi connectivity index (χ3n) is 3.36. The standard InChI is InChI=1S/C13H25NO5S/c1-10(2)9-19-8-7-14-20(16,17)12-6-4-5-11(12)13(15)18-3/h10-12,14H,4-9H2,1-3H3. The number of ether oxygens (including phenoxy) is 2. The van der Waals surface area contributed by atoms with Crippen LogP contribution in [-0.2, 0) is 24.3 Å². The van der Waals surface area contributed by atoms with Gasteiger partial charge in [-0.15, -0.1) is 0 Å². The van der Waals surface area contributed by atoms with Gasteiger partial charge in [-0.1, -0.05) is 20.3 Å². The minimum Gasteiger partial charge on any atom is -0.469 e. The monoisotopic (exact) mass is 307 g/mol. The molecule has 0 aromatic carbocycles. The zero-order valence-corrected chi connectivity index (χ0v) is 13.2. The molecule has 2 unspecified atom stereocenters. The fraction of sp³-hybridized carbons (Fsp3) is 0.923. The highest BCUT2D eigenvalue weighted by atomic mass is 32.2. The van der Waals surface area contributed by atoms with Gasteiger partial charge in [-0.05, 0) is 18.8 Å². The Morgan fingerprint density at radius 3 is 2.65 bits per heavy atom. The molecule has 0 amide bonds. The molecule has 6 nitrogen and oxygen atoms in total. The van der Waals surface area contributed by atoms with E-state index in [-0.39, 0.29) is 6.54 Å². The largest absolute Gasteiger partial charge is 0.469 e. The summed E-state index contributed by atoms with van der Waals surface area (Å²) in [6.45, 7) is 5.25. The van der Waals surface area contributed by atoms with Crippen LogP contribution in [0.5, 0.6) is 0 Å². The van der Waals surface area contributed by atoms with Crippen LogP contribution in [0.25, 0.3) is 0 Å². The molecular weight excluding hydrogens is 282 g/mol. The summed E-state index contributed by atoms with van der Waals surface area (Å²) in [6, 6.07) is 0. The lowest BCUT2D eigenvalue weighted by Gasteiger charge is -2.18. The second kappa shape index (κ2) is 7.95. The molecule has 0 spiro atoms. The van der Waals surface area contributed by atoms with Crippen LogP contribution < -0.4 is 4.72 Å². The summed E-state index contributed by atoms with van der Waals surface area (Å²) in [5, 5.41) is -0.681. The lowest BCUT2D eigenvalue weighted by atomic mass is 10.1. The Balaban J connectivity index is 2.45. The normalized spacial score (nSPS) is 23.2. The van der Waals surface area contributed by atoms with Crippen molar-refractivity contribution in [2.24, 2.45) is 11.8 Å². The molecule has 1 aliphatic carbocycles. The second-order valence-electron chi connectivity index (χ2n) is 5.51. The predicted octanol–water partition coefficient (Wildman–Crippen LogP) is 0.920. The van der Waals surface area contributed by atoms with Crippen LogP contribution in [0.4, 0.5) is 0 Å². The molecule has 20 heavy (non-hydrogen) atoms. The van der Waals surface area contributed by atoms with Crippen LogP contribution in [0.15, 0.2) is 0 Å². The third-order valence-corrected chi connectivity index (χ3v) is 5.32. The molecule has 0 heterocycles. The van der Waals surface area contributed by atoms with Gasteiger partial charge in [0.05, 0.1) is 24.9 Å². The van der Waals surface area contributed by atoms with E-state index in [0.29, 0.717) is 32.0 Å². The molecule has 1 saturated carbocycles. The van der Waals surface area contributed by atoms with Crippen molar-refractivity contribution in [3.8, 4) is 0 Å². The van der Waals surface area contributed by atoms with E-state index in [1.165, 1.54) is 7.11 Å². The molecule has 2 atom stereocenters. The van der Waals surface area contributed by atoms with Crippen LogP contribution in [0, 0.1) is 11.8 Å². The minimum atomic E-state index is -3.50. The van der Waals surface area contributed by atoms with Crippen molar-refractivity contribution in [1.29, 1.82) is 0 Å². The fourth-order valence-electron chi connectivity index (χ4n) is 2.40. The molecule has 0 bridgehead atoms. The molecule has 7 heteroatoms. The number of sulfonamides is 1. The van der Waals surface area contributed by atoms with Crippen molar-refractivity contribution in [3.05, 3.63) is 0 Å². The van der Waals surface area contributed by atoms with Gasteiger partial charge in [0, 0.05) is 13.2 Å². The van der Waals surface area contributed by atoms with Gasteiger partial charge < -0.3 is 9.47 Å². The van der Waals surface area contributed by atoms with Crippen LogP contribution >= 0.6 is 0 Å². The van der Waals surface area contributed by atoms with Gasteiger partial charge in [0.25, 0.3) is 0 Å². The number of carbonyl (C=O) groups excluding carboxylic acids is 1. The van der Waals surface area contributed by atoms with Crippen LogP contribution in [0.1, 0.15) is 33.1 Å². The lowest BCUT2D eigenvalue weighted by Crippen LogP contribution is -2.40. The molecule has 1 N–H and O–H groups in total. The summed E-state index contributed by atoms with van der Waals surface area (Å²) in [6.07, 6.45) is 1.80. The Morgan fingerprint density at radius 2 is 2.05 bits per heavy atom. The molecule has 1 rings (SSSR count). The first-order valence-electron chi connectivity index (χ1n) is 7.02. The summed E-state index contributed by atoms with van der Waals surface area (Å²) in [5.41, 5.74) is 0. The molecule has 118 valence electrons. The van der Waals surface area contributed by atoms with Crippen molar-refractivity contribution in [1.82, 2.24) is 4.72 Å². The molecule has 0 radical (unpaired) electrons. The zero-order chi connectivity index (χ0) is 15.2. The summed E-state index contributed by atoms with van der Waals surface area (Å²) in [4.78, 5) is 11.6. The van der Waals surface area contributed by atoms with Gasteiger partial charge in [0.2, 0.25) is 10.0 Å². The summed E-state index contributed by atoms with van der Waals surface area (Å²) in [7, 11) is -2.21. The zero-order valence-electron chi connectivity index (χ0n) is 12.4. The number of hydrogen-bond acceptors (Lipinski definition) is 5. The summed E-state index contributed by atoms with van der Waals surface area (Å²) >= 11 is 0. The van der Waals surface area contributed by atoms with E-state index in [2.05, 4.69) is 9.46 Å². The highest BCUT2D eigenvalue weighted by Gasteiger charge is 2.41. The Labute approximate surface area is 121 Å². The van der Waals surface area contributed by atoms with E-state index in [1.807, 2.05) is 13.8 Å². The number of rotatable bonds is 8. The molecule has 0 saturated heterocycles. The van der Waals surface area contributed by atoms with Gasteiger partial charge in [-0.3, -0.25) is 4.79 Å².